The SMILES string of the molecule is CCOc1c(OC)cc(/C=N\n2c(Cc3cccs3)n[nH]c2=S)cc1[N+](=O)[O-]. The molecule has 9 nitrogen and oxygen atoms in total. The fourth-order valence-corrected chi connectivity index (χ4v) is 3.41. The van der Waals surface area contributed by atoms with E-state index in [1.165, 1.54) is 24.1 Å². The standard InChI is InChI=1S/C17H17N5O4S2/c1-3-26-16-13(22(23)24)7-11(8-14(16)25-2)10-18-21-15(19-20-17(21)27)9-12-5-4-6-28-12/h4-8,10H,3,9H2,1-2H3,(H,20,27)/b18-10-. The number of hydrogen-bond acceptors (Lipinski definition) is 8. The average molecular weight is 419 g/mol. The molecule has 0 atom stereocenters. The van der Waals surface area contributed by atoms with Gasteiger partial charge in [-0.2, -0.15) is 14.9 Å². The van der Waals surface area contributed by atoms with Crippen LogP contribution in [0.5, 0.6) is 11.5 Å². The molecular formula is C17H17N5O4S2. The number of benzene rings is 1. The summed E-state index contributed by atoms with van der Waals surface area (Å²) in [6.45, 7) is 2.02. The molecule has 3 rings (SSSR count). The van der Waals surface area contributed by atoms with Crippen molar-refractivity contribution in [2.75, 3.05) is 13.7 Å². The Hall–Kier alpha value is -3.05. The lowest BCUT2D eigenvalue weighted by Crippen LogP contribution is -2.03. The molecule has 0 radical (unpaired) electrons. The van der Waals surface area contributed by atoms with Crippen molar-refractivity contribution in [3.8, 4) is 11.5 Å². The van der Waals surface area contributed by atoms with Gasteiger partial charge in [0.15, 0.2) is 11.6 Å². The predicted molar refractivity (Wildman–Crippen MR) is 108 cm³/mol. The van der Waals surface area contributed by atoms with E-state index in [0.717, 1.165) is 4.88 Å². The molecule has 11 heteroatoms. The number of nitrogens with zero attached hydrogens (tertiary/aromatic N) is 4. The van der Waals surface area contributed by atoms with E-state index in [1.807, 2.05) is 17.5 Å². The molecule has 0 aliphatic heterocycles. The third-order valence-electron chi connectivity index (χ3n) is 3.72. The second-order valence-electron chi connectivity index (χ2n) is 5.52. The van der Waals surface area contributed by atoms with Gasteiger partial charge in [-0.05, 0) is 36.7 Å². The smallest absolute Gasteiger partial charge is 0.315 e. The van der Waals surface area contributed by atoms with E-state index >= 15 is 0 Å². The Bertz CT molecular complexity index is 1060. The van der Waals surface area contributed by atoms with Crippen LogP contribution in [0, 0.1) is 14.9 Å². The van der Waals surface area contributed by atoms with Crippen molar-refractivity contribution in [3.05, 3.63) is 60.8 Å². The van der Waals surface area contributed by atoms with E-state index in [1.54, 1.807) is 24.3 Å². The zero-order valence-corrected chi connectivity index (χ0v) is 16.7. The van der Waals surface area contributed by atoms with E-state index in [0.29, 0.717) is 22.6 Å². The fraction of sp³-hybridized carbons (Fsp3) is 0.235. The maximum absolute atomic E-state index is 11.4. The van der Waals surface area contributed by atoms with Crippen molar-refractivity contribution in [3.63, 3.8) is 0 Å². The van der Waals surface area contributed by atoms with Crippen LogP contribution in [0.4, 0.5) is 5.69 Å². The minimum Gasteiger partial charge on any atom is -0.493 e. The Morgan fingerprint density at radius 2 is 2.32 bits per heavy atom. The van der Waals surface area contributed by atoms with Crippen molar-refractivity contribution in [2.24, 2.45) is 5.10 Å². The molecule has 0 fully saturated rings. The van der Waals surface area contributed by atoms with Crippen molar-refractivity contribution >= 4 is 35.5 Å². The molecule has 0 aliphatic rings. The zero-order chi connectivity index (χ0) is 20.1. The lowest BCUT2D eigenvalue weighted by molar-refractivity contribution is -0.385. The molecule has 1 aromatic carbocycles. The third-order valence-corrected chi connectivity index (χ3v) is 4.86. The van der Waals surface area contributed by atoms with Crippen LogP contribution in [0.3, 0.4) is 0 Å². The van der Waals surface area contributed by atoms with Gasteiger partial charge >= 0.3 is 5.69 Å². The maximum Gasteiger partial charge on any atom is 0.315 e. The van der Waals surface area contributed by atoms with Crippen LogP contribution in [-0.2, 0) is 6.42 Å². The normalized spacial score (nSPS) is 11.1. The summed E-state index contributed by atoms with van der Waals surface area (Å²) in [5, 5.41) is 24.7. The quantitative estimate of drug-likeness (QED) is 0.258. The molecule has 3 aromatic rings. The Kier molecular flexibility index (Phi) is 6.16. The van der Waals surface area contributed by atoms with Crippen LogP contribution in [0.1, 0.15) is 23.2 Å². The minimum absolute atomic E-state index is 0.0884. The number of nitrogens with one attached hydrogen (secondary N) is 1. The molecule has 2 heterocycles. The monoisotopic (exact) mass is 419 g/mol. The Morgan fingerprint density at radius 3 is 2.96 bits per heavy atom. The number of hydrogen-bond donors (Lipinski definition) is 1. The van der Waals surface area contributed by atoms with Crippen LogP contribution in [0.2, 0.25) is 0 Å². The van der Waals surface area contributed by atoms with Crippen molar-refractivity contribution < 1.29 is 14.4 Å². The first kappa shape index (κ1) is 19.7. The largest absolute Gasteiger partial charge is 0.493 e. The van der Waals surface area contributed by atoms with Crippen LogP contribution in [0.15, 0.2) is 34.7 Å². The van der Waals surface area contributed by atoms with Gasteiger partial charge < -0.3 is 9.47 Å². The van der Waals surface area contributed by atoms with Gasteiger partial charge in [0.25, 0.3) is 0 Å². The summed E-state index contributed by atoms with van der Waals surface area (Å²) < 4.78 is 12.4. The summed E-state index contributed by atoms with van der Waals surface area (Å²) in [6, 6.07) is 6.95. The van der Waals surface area contributed by atoms with E-state index in [4.69, 9.17) is 21.7 Å². The number of aromatic amines is 1. The van der Waals surface area contributed by atoms with Gasteiger partial charge in [-0.25, -0.2) is 0 Å². The van der Waals surface area contributed by atoms with E-state index in [9.17, 15) is 10.1 Å². The topological polar surface area (TPSA) is 108 Å². The molecule has 0 spiro atoms. The molecule has 0 aliphatic carbocycles. The number of nitro benzene ring substituents is 1. The molecule has 1 N–H and O–H groups in total. The van der Waals surface area contributed by atoms with E-state index in [-0.39, 0.29) is 23.8 Å². The highest BCUT2D eigenvalue weighted by atomic mass is 32.1. The Morgan fingerprint density at radius 1 is 1.50 bits per heavy atom. The molecule has 0 unspecified atom stereocenters. The van der Waals surface area contributed by atoms with Crippen LogP contribution in [-0.4, -0.2) is 39.7 Å². The number of nitro groups is 1. The van der Waals surface area contributed by atoms with Gasteiger partial charge in [-0.3, -0.25) is 15.2 Å². The highest BCUT2D eigenvalue weighted by molar-refractivity contribution is 7.71. The predicted octanol–water partition coefficient (Wildman–Crippen LogP) is 3.79. The van der Waals surface area contributed by atoms with Gasteiger partial charge in [0, 0.05) is 22.9 Å². The van der Waals surface area contributed by atoms with Crippen molar-refractivity contribution in [2.45, 2.75) is 13.3 Å². The van der Waals surface area contributed by atoms with Gasteiger partial charge in [0.2, 0.25) is 10.5 Å². The molecule has 0 saturated carbocycles. The van der Waals surface area contributed by atoms with Gasteiger partial charge in [-0.1, -0.05) is 6.07 Å². The Labute approximate surface area is 169 Å². The van der Waals surface area contributed by atoms with Gasteiger partial charge in [0.1, 0.15) is 0 Å². The van der Waals surface area contributed by atoms with Crippen molar-refractivity contribution in [1.82, 2.24) is 14.9 Å². The molecule has 2 aromatic heterocycles. The van der Waals surface area contributed by atoms with Gasteiger partial charge in [-0.15, -0.1) is 11.3 Å². The van der Waals surface area contributed by atoms with Crippen LogP contribution < -0.4 is 9.47 Å². The van der Waals surface area contributed by atoms with Crippen molar-refractivity contribution in [1.29, 1.82) is 0 Å². The molecule has 0 saturated heterocycles. The summed E-state index contributed by atoms with van der Waals surface area (Å²) in [7, 11) is 1.42. The number of rotatable bonds is 8. The number of methoxy groups -OCH3 is 1. The molecule has 146 valence electrons. The lowest BCUT2D eigenvalue weighted by atomic mass is 10.2. The highest BCUT2D eigenvalue weighted by Crippen LogP contribution is 2.37. The minimum atomic E-state index is -0.517. The number of thiophene rings is 1. The van der Waals surface area contributed by atoms with E-state index < -0.39 is 4.92 Å². The molecule has 0 bridgehead atoms. The molecule has 28 heavy (non-hydrogen) atoms. The lowest BCUT2D eigenvalue weighted by Gasteiger charge is -2.10. The second kappa shape index (κ2) is 8.76. The average Bonchev–Trinajstić information content (AvgIpc) is 3.31. The van der Waals surface area contributed by atoms with Gasteiger partial charge in [0.05, 0.1) is 24.9 Å². The number of aromatic nitrogens is 3. The zero-order valence-electron chi connectivity index (χ0n) is 15.1. The second-order valence-corrected chi connectivity index (χ2v) is 6.94. The first-order valence-corrected chi connectivity index (χ1v) is 9.54. The summed E-state index contributed by atoms with van der Waals surface area (Å²) in [4.78, 5) is 12.0. The first-order chi connectivity index (χ1) is 13.5. The van der Waals surface area contributed by atoms with Crippen LogP contribution >= 0.6 is 23.6 Å². The molecular weight excluding hydrogens is 402 g/mol. The summed E-state index contributed by atoms with van der Waals surface area (Å²) in [6.07, 6.45) is 2.03. The maximum atomic E-state index is 11.4. The van der Waals surface area contributed by atoms with Crippen LogP contribution in [0.25, 0.3) is 0 Å². The summed E-state index contributed by atoms with van der Waals surface area (Å²) in [5.74, 6) is 0.980. The highest BCUT2D eigenvalue weighted by Gasteiger charge is 2.21. The number of ether oxygens (including phenoxy) is 2. The Balaban J connectivity index is 1.97. The first-order valence-electron chi connectivity index (χ1n) is 8.25. The summed E-state index contributed by atoms with van der Waals surface area (Å²) >= 11 is 6.84. The summed E-state index contributed by atoms with van der Waals surface area (Å²) in [5.41, 5.74) is 0.273. The van der Waals surface area contributed by atoms with E-state index in [2.05, 4.69) is 15.3 Å². The number of H-pyrrole nitrogens is 1. The fourth-order valence-electron chi connectivity index (χ4n) is 2.51. The third kappa shape index (κ3) is 4.26. The molecule has 0 amide bonds.